The number of hydrogen-bond acceptors (Lipinski definition) is 6. The van der Waals surface area contributed by atoms with E-state index in [-0.39, 0.29) is 0 Å². The van der Waals surface area contributed by atoms with E-state index < -0.39 is 0 Å². The van der Waals surface area contributed by atoms with Crippen molar-refractivity contribution < 1.29 is 0 Å². The highest BCUT2D eigenvalue weighted by Crippen LogP contribution is 2.29. The molecule has 2 atom stereocenters. The van der Waals surface area contributed by atoms with Crippen molar-refractivity contribution in [3.05, 3.63) is 11.2 Å². The molecule has 0 saturated carbocycles. The lowest BCUT2D eigenvalue weighted by atomic mass is 9.94. The molecule has 0 spiro atoms. The molecular weight excluding hydrogens is 272 g/mol. The van der Waals surface area contributed by atoms with Gasteiger partial charge in [0.2, 0.25) is 5.95 Å². The van der Waals surface area contributed by atoms with Crippen LogP contribution < -0.4 is 10.2 Å². The molecule has 2 saturated heterocycles. The molecule has 0 radical (unpaired) electrons. The van der Waals surface area contributed by atoms with Crippen molar-refractivity contribution in [2.75, 3.05) is 24.5 Å². The van der Waals surface area contributed by atoms with Crippen LogP contribution in [0, 0.1) is 12.8 Å². The predicted octanol–water partition coefficient (Wildman–Crippen LogP) is 1.42. The Labute approximate surface area is 121 Å². The highest BCUT2D eigenvalue weighted by molar-refractivity contribution is 7.14. The summed E-state index contributed by atoms with van der Waals surface area (Å²) in [6.07, 6.45) is 4.46. The van der Waals surface area contributed by atoms with E-state index in [1.54, 1.807) is 11.3 Å². The number of rotatable bonds is 2. The number of aromatic amines is 1. The predicted molar refractivity (Wildman–Crippen MR) is 79.0 cm³/mol. The number of nitrogens with one attached hydrogen (secondary N) is 2. The second kappa shape index (κ2) is 4.82. The average molecular weight is 290 g/mol. The quantitative estimate of drug-likeness (QED) is 0.875. The lowest BCUT2D eigenvalue weighted by Crippen LogP contribution is -2.40. The Morgan fingerprint density at radius 2 is 2.35 bits per heavy atom. The first-order chi connectivity index (χ1) is 9.79. The Morgan fingerprint density at radius 1 is 1.40 bits per heavy atom. The molecule has 4 heterocycles. The summed E-state index contributed by atoms with van der Waals surface area (Å²) >= 11 is 1.64. The summed E-state index contributed by atoms with van der Waals surface area (Å²) in [7, 11) is 0. The molecule has 0 aliphatic carbocycles. The van der Waals surface area contributed by atoms with Gasteiger partial charge in [0.1, 0.15) is 0 Å². The van der Waals surface area contributed by atoms with Gasteiger partial charge in [-0.05, 0) is 32.2 Å². The number of aromatic nitrogens is 4. The van der Waals surface area contributed by atoms with Crippen LogP contribution in [0.5, 0.6) is 0 Å². The normalized spacial score (nSPS) is 25.9. The number of nitrogens with zero attached hydrogens (tertiary/aromatic N) is 4. The molecule has 4 rings (SSSR count). The first-order valence-corrected chi connectivity index (χ1v) is 7.95. The zero-order valence-corrected chi connectivity index (χ0v) is 12.3. The van der Waals surface area contributed by atoms with E-state index in [4.69, 9.17) is 0 Å². The summed E-state index contributed by atoms with van der Waals surface area (Å²) in [6, 6.07) is 0.608. The van der Waals surface area contributed by atoms with Crippen molar-refractivity contribution in [2.45, 2.75) is 25.8 Å². The third-order valence-corrected chi connectivity index (χ3v) is 5.13. The second-order valence-corrected chi connectivity index (χ2v) is 6.83. The van der Waals surface area contributed by atoms with Gasteiger partial charge in [0, 0.05) is 25.3 Å². The van der Waals surface area contributed by atoms with Crippen LogP contribution in [-0.2, 0) is 0 Å². The fourth-order valence-electron chi connectivity index (χ4n) is 3.19. The number of anilines is 1. The molecule has 2 N–H and O–H groups in total. The Morgan fingerprint density at radius 3 is 3.15 bits per heavy atom. The zero-order valence-electron chi connectivity index (χ0n) is 11.5. The molecule has 2 aromatic rings. The van der Waals surface area contributed by atoms with Crippen LogP contribution in [0.2, 0.25) is 0 Å². The van der Waals surface area contributed by atoms with Crippen molar-refractivity contribution in [2.24, 2.45) is 5.92 Å². The minimum absolute atomic E-state index is 0.608. The summed E-state index contributed by atoms with van der Waals surface area (Å²) in [5.74, 6) is 2.40. The van der Waals surface area contributed by atoms with E-state index in [2.05, 4.69) is 30.4 Å². The summed E-state index contributed by atoms with van der Waals surface area (Å²) in [5.41, 5.74) is 0. The van der Waals surface area contributed by atoms with Crippen LogP contribution in [0.3, 0.4) is 0 Å². The van der Waals surface area contributed by atoms with Gasteiger partial charge in [0.25, 0.3) is 0 Å². The monoisotopic (exact) mass is 290 g/mol. The van der Waals surface area contributed by atoms with Gasteiger partial charge in [-0.2, -0.15) is 4.98 Å². The largest absolute Gasteiger partial charge is 0.338 e. The number of aryl methyl sites for hydroxylation is 1. The van der Waals surface area contributed by atoms with E-state index in [0.717, 1.165) is 47.2 Å². The first-order valence-electron chi connectivity index (χ1n) is 7.13. The SMILES string of the molecule is Cc1ncc(-c2nc(N3CC4CCCNC4C3)n[nH]2)s1. The van der Waals surface area contributed by atoms with Crippen molar-refractivity contribution >= 4 is 17.3 Å². The maximum atomic E-state index is 4.64. The molecule has 0 aromatic carbocycles. The minimum atomic E-state index is 0.608. The van der Waals surface area contributed by atoms with E-state index >= 15 is 0 Å². The van der Waals surface area contributed by atoms with E-state index in [1.807, 2.05) is 13.1 Å². The fourth-order valence-corrected chi connectivity index (χ4v) is 3.90. The Kier molecular flexibility index (Phi) is 2.96. The van der Waals surface area contributed by atoms with Crippen LogP contribution in [0.4, 0.5) is 5.95 Å². The van der Waals surface area contributed by atoms with Gasteiger partial charge in [0.15, 0.2) is 5.82 Å². The third kappa shape index (κ3) is 2.10. The van der Waals surface area contributed by atoms with Gasteiger partial charge in [-0.1, -0.05) is 0 Å². The third-order valence-electron chi connectivity index (χ3n) is 4.21. The lowest BCUT2D eigenvalue weighted by molar-refractivity contribution is 0.340. The summed E-state index contributed by atoms with van der Waals surface area (Å²) < 4.78 is 0. The molecule has 6 nitrogen and oxygen atoms in total. The summed E-state index contributed by atoms with van der Waals surface area (Å²) in [6.45, 7) is 5.23. The fraction of sp³-hybridized carbons (Fsp3) is 0.615. The van der Waals surface area contributed by atoms with Gasteiger partial charge in [-0.15, -0.1) is 16.4 Å². The van der Waals surface area contributed by atoms with Gasteiger partial charge in [-0.25, -0.2) is 4.98 Å². The lowest BCUT2D eigenvalue weighted by Gasteiger charge is -2.24. The molecule has 2 fully saturated rings. The topological polar surface area (TPSA) is 69.7 Å². The van der Waals surface area contributed by atoms with Crippen molar-refractivity contribution in [1.29, 1.82) is 0 Å². The standard InChI is InChI=1S/C13H18N6S/c1-8-15-5-11(20-8)12-16-13(18-17-12)19-6-9-3-2-4-14-10(9)7-19/h5,9-10,14H,2-4,6-7H2,1H3,(H,16,17,18). The zero-order chi connectivity index (χ0) is 13.5. The van der Waals surface area contributed by atoms with Crippen LogP contribution in [-0.4, -0.2) is 45.8 Å². The molecule has 2 unspecified atom stereocenters. The molecule has 2 aliphatic heterocycles. The maximum absolute atomic E-state index is 4.64. The highest BCUT2D eigenvalue weighted by Gasteiger charge is 2.35. The van der Waals surface area contributed by atoms with Gasteiger partial charge >= 0.3 is 0 Å². The van der Waals surface area contributed by atoms with Crippen molar-refractivity contribution in [1.82, 2.24) is 25.5 Å². The number of thiazole rings is 1. The Hall–Kier alpha value is -1.47. The number of fused-ring (bicyclic) bond motifs is 1. The molecule has 2 aliphatic rings. The van der Waals surface area contributed by atoms with Crippen LogP contribution in [0.15, 0.2) is 6.20 Å². The van der Waals surface area contributed by atoms with E-state index in [1.165, 1.54) is 12.8 Å². The van der Waals surface area contributed by atoms with Crippen LogP contribution >= 0.6 is 11.3 Å². The van der Waals surface area contributed by atoms with Crippen LogP contribution in [0.1, 0.15) is 17.8 Å². The van der Waals surface area contributed by atoms with Crippen molar-refractivity contribution in [3.63, 3.8) is 0 Å². The van der Waals surface area contributed by atoms with Crippen LogP contribution in [0.25, 0.3) is 10.7 Å². The molecule has 7 heteroatoms. The summed E-state index contributed by atoms with van der Waals surface area (Å²) in [5, 5.41) is 12.1. The molecule has 0 amide bonds. The molecule has 106 valence electrons. The highest BCUT2D eigenvalue weighted by atomic mass is 32.1. The smallest absolute Gasteiger partial charge is 0.245 e. The van der Waals surface area contributed by atoms with Gasteiger partial charge in [0.05, 0.1) is 9.88 Å². The van der Waals surface area contributed by atoms with Gasteiger partial charge < -0.3 is 10.2 Å². The molecule has 2 aromatic heterocycles. The molecule has 0 bridgehead atoms. The maximum Gasteiger partial charge on any atom is 0.245 e. The molecule has 20 heavy (non-hydrogen) atoms. The van der Waals surface area contributed by atoms with Crippen molar-refractivity contribution in [3.8, 4) is 10.7 Å². The van der Waals surface area contributed by atoms with E-state index in [0.29, 0.717) is 6.04 Å². The second-order valence-electron chi connectivity index (χ2n) is 5.60. The number of piperidine rings is 1. The molecular formula is C13H18N6S. The van der Waals surface area contributed by atoms with Gasteiger partial charge in [-0.3, -0.25) is 5.10 Å². The average Bonchev–Trinajstić information content (AvgIpc) is 3.16. The minimum Gasteiger partial charge on any atom is -0.338 e. The number of H-pyrrole nitrogens is 1. The summed E-state index contributed by atoms with van der Waals surface area (Å²) in [4.78, 5) is 12.2. The first kappa shape index (κ1) is 12.3. The number of hydrogen-bond donors (Lipinski definition) is 2. The Balaban J connectivity index is 1.54. The Bertz CT molecular complexity index is 592. The van der Waals surface area contributed by atoms with E-state index in [9.17, 15) is 0 Å².